The first-order valence-electron chi connectivity index (χ1n) is 6.13. The van der Waals surface area contributed by atoms with Crippen molar-refractivity contribution in [2.45, 2.75) is 6.18 Å². The fraction of sp³-hybridized carbons (Fsp3) is 0.0667. The summed E-state index contributed by atoms with van der Waals surface area (Å²) in [6.07, 6.45) is -4.49. The number of ether oxygens (including phenoxy) is 1. The Morgan fingerprint density at radius 2 is 1.30 bits per heavy atom. The van der Waals surface area contributed by atoms with E-state index in [1.165, 1.54) is 0 Å². The minimum absolute atomic E-state index is 0.0110. The summed E-state index contributed by atoms with van der Waals surface area (Å²) in [5, 5.41) is 17.9. The van der Waals surface area contributed by atoms with Crippen molar-refractivity contribution in [2.24, 2.45) is 0 Å². The third-order valence-corrected chi connectivity index (χ3v) is 2.82. The molecule has 0 heterocycles. The molecule has 2 aromatic carbocycles. The smallest absolute Gasteiger partial charge is 0.416 e. The number of carboxylic acids is 2. The number of aromatic carboxylic acids is 2. The molecule has 0 saturated carbocycles. The van der Waals surface area contributed by atoms with Gasteiger partial charge in [0, 0.05) is 0 Å². The highest BCUT2D eigenvalue weighted by molar-refractivity contribution is 5.94. The van der Waals surface area contributed by atoms with Crippen LogP contribution in [0.1, 0.15) is 26.3 Å². The second-order valence-corrected chi connectivity index (χ2v) is 4.48. The molecule has 2 rings (SSSR count). The number of rotatable bonds is 4. The predicted molar refractivity (Wildman–Crippen MR) is 71.9 cm³/mol. The summed E-state index contributed by atoms with van der Waals surface area (Å²) in [7, 11) is 0. The van der Waals surface area contributed by atoms with E-state index in [0.29, 0.717) is 0 Å². The van der Waals surface area contributed by atoms with Crippen LogP contribution in [0.5, 0.6) is 11.5 Å². The average molecular weight is 326 g/mol. The van der Waals surface area contributed by atoms with E-state index in [9.17, 15) is 22.8 Å². The highest BCUT2D eigenvalue weighted by atomic mass is 19.4. The van der Waals surface area contributed by atoms with Gasteiger partial charge in [-0.2, -0.15) is 13.2 Å². The Labute approximate surface area is 127 Å². The van der Waals surface area contributed by atoms with E-state index in [0.717, 1.165) is 42.5 Å². The van der Waals surface area contributed by atoms with Crippen molar-refractivity contribution in [1.82, 2.24) is 0 Å². The monoisotopic (exact) mass is 326 g/mol. The average Bonchev–Trinajstić information content (AvgIpc) is 2.46. The third-order valence-electron chi connectivity index (χ3n) is 2.82. The first-order valence-corrected chi connectivity index (χ1v) is 6.13. The Morgan fingerprint density at radius 3 is 1.70 bits per heavy atom. The lowest BCUT2D eigenvalue weighted by Crippen LogP contribution is -2.04. The molecule has 0 aliphatic heterocycles. The van der Waals surface area contributed by atoms with Crippen molar-refractivity contribution in [3.05, 3.63) is 59.2 Å². The Morgan fingerprint density at radius 1 is 0.826 bits per heavy atom. The summed E-state index contributed by atoms with van der Waals surface area (Å²) in [6.45, 7) is 0. The van der Waals surface area contributed by atoms with Gasteiger partial charge in [-0.1, -0.05) is 0 Å². The summed E-state index contributed by atoms with van der Waals surface area (Å²) in [5.74, 6) is -2.81. The summed E-state index contributed by atoms with van der Waals surface area (Å²) in [4.78, 5) is 21.9. The first kappa shape index (κ1) is 16.3. The van der Waals surface area contributed by atoms with Gasteiger partial charge in [0.15, 0.2) is 0 Å². The molecule has 0 bridgehead atoms. The number of benzene rings is 2. The molecule has 0 aromatic heterocycles. The molecule has 0 amide bonds. The van der Waals surface area contributed by atoms with Crippen molar-refractivity contribution < 1.29 is 37.7 Å². The van der Waals surface area contributed by atoms with Gasteiger partial charge >= 0.3 is 18.1 Å². The molecule has 0 fully saturated rings. The van der Waals surface area contributed by atoms with E-state index in [4.69, 9.17) is 14.9 Å². The van der Waals surface area contributed by atoms with Crippen molar-refractivity contribution >= 4 is 11.9 Å². The fourth-order valence-electron chi connectivity index (χ4n) is 1.75. The zero-order valence-corrected chi connectivity index (χ0v) is 11.3. The van der Waals surface area contributed by atoms with E-state index in [2.05, 4.69) is 0 Å². The lowest BCUT2D eigenvalue weighted by Gasteiger charge is -2.10. The van der Waals surface area contributed by atoms with E-state index in [-0.39, 0.29) is 22.6 Å². The second kappa shape index (κ2) is 5.99. The van der Waals surface area contributed by atoms with Gasteiger partial charge in [0.25, 0.3) is 0 Å². The van der Waals surface area contributed by atoms with E-state index < -0.39 is 23.7 Å². The van der Waals surface area contributed by atoms with Gasteiger partial charge in [-0.05, 0) is 42.5 Å². The van der Waals surface area contributed by atoms with E-state index >= 15 is 0 Å². The van der Waals surface area contributed by atoms with Gasteiger partial charge in [-0.3, -0.25) is 0 Å². The Balaban J connectivity index is 2.32. The number of carbonyl (C=O) groups is 2. The maximum Gasteiger partial charge on any atom is 0.416 e. The number of carboxylic acid groups (broad SMARTS) is 2. The molecule has 0 aliphatic rings. The molecule has 8 heteroatoms. The van der Waals surface area contributed by atoms with Crippen LogP contribution in [-0.4, -0.2) is 22.2 Å². The lowest BCUT2D eigenvalue weighted by atomic mass is 10.1. The molecule has 0 unspecified atom stereocenters. The molecule has 0 aliphatic carbocycles. The lowest BCUT2D eigenvalue weighted by molar-refractivity contribution is -0.137. The molecule has 0 radical (unpaired) electrons. The van der Waals surface area contributed by atoms with Crippen LogP contribution in [0.3, 0.4) is 0 Å². The van der Waals surface area contributed by atoms with Gasteiger partial charge in [0.2, 0.25) is 0 Å². The van der Waals surface area contributed by atoms with Gasteiger partial charge in [-0.15, -0.1) is 0 Å². The Hall–Kier alpha value is -3.03. The molecule has 23 heavy (non-hydrogen) atoms. The van der Waals surface area contributed by atoms with E-state index in [1.807, 2.05) is 0 Å². The molecular weight excluding hydrogens is 317 g/mol. The summed E-state index contributed by atoms with van der Waals surface area (Å²) < 4.78 is 42.6. The van der Waals surface area contributed by atoms with Crippen LogP contribution in [0.15, 0.2) is 42.5 Å². The van der Waals surface area contributed by atoms with Crippen LogP contribution in [-0.2, 0) is 6.18 Å². The maximum absolute atomic E-state index is 12.5. The molecule has 2 aromatic rings. The Bertz CT molecular complexity index is 718. The standard InChI is InChI=1S/C15H9F3O5/c16-15(17,18)10-1-3-11(4-2-10)23-12-6-8(13(19)20)5-9(7-12)14(21)22/h1-7H,(H,19,20)(H,21,22). The van der Waals surface area contributed by atoms with E-state index in [1.54, 1.807) is 0 Å². The van der Waals surface area contributed by atoms with Gasteiger partial charge < -0.3 is 14.9 Å². The summed E-state index contributed by atoms with van der Waals surface area (Å²) in [5.41, 5.74) is -1.49. The number of hydrogen-bond donors (Lipinski definition) is 2. The van der Waals surface area contributed by atoms with Crippen LogP contribution in [0.4, 0.5) is 13.2 Å². The Kier molecular flexibility index (Phi) is 4.26. The van der Waals surface area contributed by atoms with Crippen molar-refractivity contribution in [1.29, 1.82) is 0 Å². The number of hydrogen-bond acceptors (Lipinski definition) is 3. The zero-order valence-electron chi connectivity index (χ0n) is 11.3. The largest absolute Gasteiger partial charge is 0.478 e. The summed E-state index contributed by atoms with van der Waals surface area (Å²) in [6, 6.07) is 6.81. The quantitative estimate of drug-likeness (QED) is 0.890. The minimum atomic E-state index is -4.49. The molecule has 0 spiro atoms. The van der Waals surface area contributed by atoms with Gasteiger partial charge in [-0.25, -0.2) is 9.59 Å². The number of halogens is 3. The first-order chi connectivity index (χ1) is 10.7. The second-order valence-electron chi connectivity index (χ2n) is 4.48. The van der Waals surface area contributed by atoms with Crippen LogP contribution in [0.25, 0.3) is 0 Å². The fourth-order valence-corrected chi connectivity index (χ4v) is 1.75. The summed E-state index contributed by atoms with van der Waals surface area (Å²) >= 11 is 0. The highest BCUT2D eigenvalue weighted by Gasteiger charge is 2.30. The normalized spacial score (nSPS) is 11.1. The van der Waals surface area contributed by atoms with Crippen molar-refractivity contribution in [2.75, 3.05) is 0 Å². The zero-order chi connectivity index (χ0) is 17.2. The van der Waals surface area contributed by atoms with Crippen molar-refractivity contribution in [3.63, 3.8) is 0 Å². The third kappa shape index (κ3) is 4.00. The van der Waals surface area contributed by atoms with Gasteiger partial charge in [0.05, 0.1) is 16.7 Å². The molecule has 0 atom stereocenters. The molecule has 0 saturated heterocycles. The molecule has 5 nitrogen and oxygen atoms in total. The molecule has 2 N–H and O–H groups in total. The SMILES string of the molecule is O=C(O)c1cc(Oc2ccc(C(F)(F)F)cc2)cc(C(=O)O)c1. The highest BCUT2D eigenvalue weighted by Crippen LogP contribution is 2.31. The van der Waals surface area contributed by atoms with Gasteiger partial charge in [0.1, 0.15) is 11.5 Å². The van der Waals surface area contributed by atoms with Crippen LogP contribution in [0, 0.1) is 0 Å². The topological polar surface area (TPSA) is 83.8 Å². The molecule has 120 valence electrons. The van der Waals surface area contributed by atoms with Crippen LogP contribution in [0.2, 0.25) is 0 Å². The van der Waals surface area contributed by atoms with Crippen LogP contribution >= 0.6 is 0 Å². The molecular formula is C15H9F3O5. The number of alkyl halides is 3. The van der Waals surface area contributed by atoms with Crippen LogP contribution < -0.4 is 4.74 Å². The maximum atomic E-state index is 12.5. The van der Waals surface area contributed by atoms with Crippen molar-refractivity contribution in [3.8, 4) is 11.5 Å². The minimum Gasteiger partial charge on any atom is -0.478 e. The predicted octanol–water partition coefficient (Wildman–Crippen LogP) is 3.89.